The highest BCUT2D eigenvalue weighted by atomic mass is 19.4. The van der Waals surface area contributed by atoms with Crippen molar-refractivity contribution in [1.29, 1.82) is 0 Å². The van der Waals surface area contributed by atoms with Crippen molar-refractivity contribution in [1.82, 2.24) is 0 Å². The van der Waals surface area contributed by atoms with Crippen LogP contribution in [0, 0.1) is 5.92 Å². The number of rotatable bonds is 12. The third-order valence-electron chi connectivity index (χ3n) is 7.41. The van der Waals surface area contributed by atoms with Crippen LogP contribution in [-0.2, 0) is 12.6 Å². The van der Waals surface area contributed by atoms with Gasteiger partial charge in [-0.3, -0.25) is 4.79 Å². The Hall–Kier alpha value is -2.50. The molecule has 36 heavy (non-hydrogen) atoms. The van der Waals surface area contributed by atoms with Gasteiger partial charge in [-0.15, -0.1) is 0 Å². The van der Waals surface area contributed by atoms with Gasteiger partial charge in [0.25, 0.3) is 0 Å². The fraction of sp³-hybridized carbons (Fsp3) is 0.567. The molecule has 0 aliphatic heterocycles. The highest BCUT2D eigenvalue weighted by Crippen LogP contribution is 2.44. The van der Waals surface area contributed by atoms with E-state index in [0.717, 1.165) is 44.6 Å². The molecule has 2 aromatic rings. The lowest BCUT2D eigenvalue weighted by atomic mass is 9.77. The Morgan fingerprint density at radius 1 is 0.972 bits per heavy atom. The summed E-state index contributed by atoms with van der Waals surface area (Å²) in [5, 5.41) is 10.2. The number of aryl methyl sites for hydroxylation is 1. The normalized spacial score (nSPS) is 18.2. The molecule has 3 nitrogen and oxygen atoms in total. The second-order valence-electron chi connectivity index (χ2n) is 10.00. The maximum Gasteiger partial charge on any atom is 0.423 e. The van der Waals surface area contributed by atoms with Gasteiger partial charge in [0.15, 0.2) is 5.78 Å². The van der Waals surface area contributed by atoms with Crippen molar-refractivity contribution in [2.24, 2.45) is 5.92 Å². The lowest BCUT2D eigenvalue weighted by Crippen LogP contribution is -2.14. The average molecular weight is 505 g/mol. The number of alkyl halides is 3. The van der Waals surface area contributed by atoms with Gasteiger partial charge >= 0.3 is 6.18 Å². The van der Waals surface area contributed by atoms with E-state index in [4.69, 9.17) is 4.74 Å². The van der Waals surface area contributed by atoms with E-state index in [9.17, 15) is 23.1 Å². The Morgan fingerprint density at radius 3 is 2.28 bits per heavy atom. The Kier molecular flexibility index (Phi) is 10.3. The summed E-state index contributed by atoms with van der Waals surface area (Å²) in [5.74, 6) is -0.845. The Morgan fingerprint density at radius 2 is 1.67 bits per heavy atom. The number of ether oxygens (including phenoxy) is 1. The quantitative estimate of drug-likeness (QED) is 0.232. The number of hydrogen-bond donors (Lipinski definition) is 1. The number of carbonyl (C=O) groups excluding carboxylic acids is 1. The predicted molar refractivity (Wildman–Crippen MR) is 137 cm³/mol. The number of carbonyl (C=O) groups is 1. The molecule has 0 bridgehead atoms. The molecule has 0 unspecified atom stereocenters. The van der Waals surface area contributed by atoms with Crippen molar-refractivity contribution in [3.63, 3.8) is 0 Å². The number of hydrogen-bond acceptors (Lipinski definition) is 3. The smallest absolute Gasteiger partial charge is 0.423 e. The van der Waals surface area contributed by atoms with E-state index in [1.807, 2.05) is 0 Å². The highest BCUT2D eigenvalue weighted by Gasteiger charge is 2.39. The van der Waals surface area contributed by atoms with Crippen molar-refractivity contribution in [2.45, 2.75) is 96.6 Å². The lowest BCUT2D eigenvalue weighted by Gasteiger charge is -2.29. The summed E-state index contributed by atoms with van der Waals surface area (Å²) in [6.45, 7) is 3.81. The van der Waals surface area contributed by atoms with E-state index in [0.29, 0.717) is 18.3 Å². The van der Waals surface area contributed by atoms with Crippen LogP contribution in [0.15, 0.2) is 36.4 Å². The summed E-state index contributed by atoms with van der Waals surface area (Å²) in [7, 11) is 0. The van der Waals surface area contributed by atoms with Crippen LogP contribution in [0.5, 0.6) is 11.5 Å². The largest absolute Gasteiger partial charge is 0.506 e. The van der Waals surface area contributed by atoms with Gasteiger partial charge in [0.2, 0.25) is 0 Å². The van der Waals surface area contributed by atoms with Gasteiger partial charge in [-0.1, -0.05) is 50.5 Å². The van der Waals surface area contributed by atoms with Gasteiger partial charge in [-0.25, -0.2) is 0 Å². The Bertz CT molecular complexity index is 974. The number of halogens is 3. The summed E-state index contributed by atoms with van der Waals surface area (Å²) < 4.78 is 45.4. The Balaban J connectivity index is 1.48. The fourth-order valence-corrected chi connectivity index (χ4v) is 5.35. The molecule has 3 rings (SSSR count). The minimum atomic E-state index is -4.81. The van der Waals surface area contributed by atoms with Gasteiger partial charge < -0.3 is 9.84 Å². The number of phenolic OH excluding ortho intramolecular Hbond substituents is 1. The fourth-order valence-electron chi connectivity index (χ4n) is 5.35. The van der Waals surface area contributed by atoms with Crippen molar-refractivity contribution >= 4 is 5.78 Å². The number of Topliss-reactive ketones (excluding diaryl/α,β-unsaturated/α-hetero) is 1. The minimum Gasteiger partial charge on any atom is -0.506 e. The molecule has 0 radical (unpaired) electrons. The van der Waals surface area contributed by atoms with Crippen LogP contribution in [0.4, 0.5) is 13.2 Å². The molecule has 0 heterocycles. The maximum atomic E-state index is 13.5. The molecule has 0 saturated heterocycles. The first-order valence-electron chi connectivity index (χ1n) is 13.4. The summed E-state index contributed by atoms with van der Waals surface area (Å²) in [4.78, 5) is 12.6. The SMILES string of the molecule is CCCCCc1ccc(C2CCC(CCCC(=O)c3ccc(OCC)c(C(F)(F)F)c3O)CC2)cc1. The maximum absolute atomic E-state index is 13.5. The first-order chi connectivity index (χ1) is 17.2. The Labute approximate surface area is 213 Å². The minimum absolute atomic E-state index is 0.0302. The third kappa shape index (κ3) is 7.50. The van der Waals surface area contributed by atoms with E-state index < -0.39 is 29.0 Å². The molecule has 1 aliphatic carbocycles. The second kappa shape index (κ2) is 13.2. The molecule has 1 saturated carbocycles. The standard InChI is InChI=1S/C30H39F3O3/c1-3-5-6-8-21-11-15-23(16-12-21)24-17-13-22(14-18-24)9-7-10-26(34)25-19-20-27(36-4-2)28(29(25)35)30(31,32)33/h11-12,15-16,19-20,22,24,35H,3-10,13-14,17-18H2,1-2H3. The number of ketones is 1. The zero-order valence-corrected chi connectivity index (χ0v) is 21.5. The molecular weight excluding hydrogens is 465 g/mol. The van der Waals surface area contributed by atoms with E-state index in [-0.39, 0.29) is 18.6 Å². The van der Waals surface area contributed by atoms with E-state index in [1.54, 1.807) is 6.92 Å². The number of benzene rings is 2. The molecule has 0 aromatic heterocycles. The second-order valence-corrected chi connectivity index (χ2v) is 10.00. The van der Waals surface area contributed by atoms with E-state index in [2.05, 4.69) is 31.2 Å². The lowest BCUT2D eigenvalue weighted by molar-refractivity contribution is -0.140. The molecule has 1 N–H and O–H groups in total. The molecule has 6 heteroatoms. The summed E-state index contributed by atoms with van der Waals surface area (Å²) >= 11 is 0. The van der Waals surface area contributed by atoms with Gasteiger partial charge in [0.1, 0.15) is 17.1 Å². The van der Waals surface area contributed by atoms with Gasteiger partial charge in [-0.05, 0) is 87.0 Å². The van der Waals surface area contributed by atoms with Crippen molar-refractivity contribution in [2.75, 3.05) is 6.61 Å². The zero-order valence-electron chi connectivity index (χ0n) is 21.5. The molecule has 198 valence electrons. The monoisotopic (exact) mass is 504 g/mol. The van der Waals surface area contributed by atoms with Gasteiger partial charge in [-0.2, -0.15) is 13.2 Å². The van der Waals surface area contributed by atoms with E-state index >= 15 is 0 Å². The molecule has 0 spiro atoms. The van der Waals surface area contributed by atoms with Crippen LogP contribution in [0.3, 0.4) is 0 Å². The van der Waals surface area contributed by atoms with E-state index in [1.165, 1.54) is 36.5 Å². The number of aromatic hydroxyl groups is 1. The topological polar surface area (TPSA) is 46.5 Å². The van der Waals surface area contributed by atoms with Gasteiger partial charge in [0.05, 0.1) is 12.2 Å². The van der Waals surface area contributed by atoms with Crippen molar-refractivity contribution in [3.8, 4) is 11.5 Å². The molecule has 1 fully saturated rings. The van der Waals surface area contributed by atoms with Crippen LogP contribution in [0.1, 0.15) is 111 Å². The molecule has 0 amide bonds. The van der Waals surface area contributed by atoms with Gasteiger partial charge in [0, 0.05) is 6.42 Å². The highest BCUT2D eigenvalue weighted by molar-refractivity contribution is 5.99. The van der Waals surface area contributed by atoms with Crippen LogP contribution >= 0.6 is 0 Å². The third-order valence-corrected chi connectivity index (χ3v) is 7.41. The van der Waals surface area contributed by atoms with Crippen LogP contribution < -0.4 is 4.74 Å². The molecule has 1 aliphatic rings. The van der Waals surface area contributed by atoms with Crippen LogP contribution in [0.2, 0.25) is 0 Å². The summed E-state index contributed by atoms with van der Waals surface area (Å²) in [6, 6.07) is 11.5. The molecular formula is C30H39F3O3. The van der Waals surface area contributed by atoms with Crippen LogP contribution in [-0.4, -0.2) is 17.5 Å². The van der Waals surface area contributed by atoms with Crippen LogP contribution in [0.25, 0.3) is 0 Å². The zero-order chi connectivity index (χ0) is 26.1. The predicted octanol–water partition coefficient (Wildman–Crippen LogP) is 8.87. The summed E-state index contributed by atoms with van der Waals surface area (Å²) in [5.41, 5.74) is 1.26. The van der Waals surface area contributed by atoms with Crippen molar-refractivity contribution in [3.05, 3.63) is 58.7 Å². The first-order valence-corrected chi connectivity index (χ1v) is 13.4. The molecule has 2 aromatic carbocycles. The number of phenols is 1. The first kappa shape index (κ1) is 28.1. The van der Waals surface area contributed by atoms with Crippen molar-refractivity contribution < 1.29 is 27.8 Å². The molecule has 0 atom stereocenters. The number of unbranched alkanes of at least 4 members (excludes halogenated alkanes) is 2. The average Bonchev–Trinajstić information content (AvgIpc) is 2.84. The summed E-state index contributed by atoms with van der Waals surface area (Å²) in [6.07, 6.45) is 6.14.